The van der Waals surface area contributed by atoms with E-state index in [-0.39, 0.29) is 17.8 Å². The monoisotopic (exact) mass is 447 g/mol. The molecule has 2 aliphatic rings. The second-order valence-electron chi connectivity index (χ2n) is 8.04. The van der Waals surface area contributed by atoms with E-state index in [1.165, 1.54) is 0 Å². The second-order valence-corrected chi connectivity index (χ2v) is 8.95. The van der Waals surface area contributed by atoms with E-state index >= 15 is 0 Å². The van der Waals surface area contributed by atoms with Crippen LogP contribution in [0.15, 0.2) is 45.2 Å². The third-order valence-corrected chi connectivity index (χ3v) is 5.73. The number of benzene rings is 1. The fraction of sp³-hybridized carbons (Fsp3) is 0.455. The predicted molar refractivity (Wildman–Crippen MR) is 111 cm³/mol. The molecule has 1 aromatic rings. The number of hydrogen-bond donors (Lipinski definition) is 1. The smallest absolute Gasteiger partial charge is 0.336 e. The maximum absolute atomic E-state index is 13.2. The number of halogens is 1. The van der Waals surface area contributed by atoms with Crippen molar-refractivity contribution < 1.29 is 19.1 Å². The minimum Gasteiger partial charge on any atom is -0.496 e. The number of allylic oxidation sites excluding steroid dienone is 3. The molecule has 6 heteroatoms. The molecule has 0 radical (unpaired) electrons. The molecule has 1 aliphatic carbocycles. The number of carbonyl (C=O) groups excluding carboxylic acids is 2. The van der Waals surface area contributed by atoms with Crippen LogP contribution in [0, 0.1) is 5.41 Å². The molecular formula is C22H26BrNO4. The van der Waals surface area contributed by atoms with Gasteiger partial charge in [0.15, 0.2) is 5.78 Å². The molecule has 0 saturated heterocycles. The average Bonchev–Trinajstić information content (AvgIpc) is 2.59. The largest absolute Gasteiger partial charge is 0.496 e. The molecule has 5 nitrogen and oxygen atoms in total. The molecule has 1 N–H and O–H groups in total. The van der Waals surface area contributed by atoms with Crippen LogP contribution in [0.5, 0.6) is 5.75 Å². The number of dihydropyridines is 1. The molecular weight excluding hydrogens is 422 g/mol. The molecule has 1 aliphatic heterocycles. The van der Waals surface area contributed by atoms with Crippen LogP contribution in [-0.2, 0) is 14.3 Å². The van der Waals surface area contributed by atoms with Crippen molar-refractivity contribution in [2.75, 3.05) is 13.7 Å². The van der Waals surface area contributed by atoms with Gasteiger partial charge in [-0.1, -0.05) is 29.8 Å². The lowest BCUT2D eigenvalue weighted by Gasteiger charge is -2.39. The molecule has 0 unspecified atom stereocenters. The van der Waals surface area contributed by atoms with Crippen LogP contribution in [0.3, 0.4) is 0 Å². The number of Topliss-reactive ketones (excluding diaryl/α,β-unsaturated/α-hetero) is 1. The summed E-state index contributed by atoms with van der Waals surface area (Å²) in [5.41, 5.74) is 3.36. The van der Waals surface area contributed by atoms with Gasteiger partial charge in [-0.3, -0.25) is 4.79 Å². The summed E-state index contributed by atoms with van der Waals surface area (Å²) in [6.07, 6.45) is 1.18. The first-order valence-corrected chi connectivity index (χ1v) is 10.2. The van der Waals surface area contributed by atoms with Crippen molar-refractivity contribution >= 4 is 27.7 Å². The van der Waals surface area contributed by atoms with Gasteiger partial charge in [0.1, 0.15) is 5.75 Å². The summed E-state index contributed by atoms with van der Waals surface area (Å²) >= 11 is 3.51. The van der Waals surface area contributed by atoms with Gasteiger partial charge in [0, 0.05) is 33.4 Å². The molecule has 0 spiro atoms. The first kappa shape index (κ1) is 20.6. The molecule has 150 valence electrons. The molecule has 0 bridgehead atoms. The summed E-state index contributed by atoms with van der Waals surface area (Å²) in [7, 11) is 1.59. The Morgan fingerprint density at radius 1 is 1.32 bits per heavy atom. The van der Waals surface area contributed by atoms with Crippen LogP contribution in [-0.4, -0.2) is 25.5 Å². The summed E-state index contributed by atoms with van der Waals surface area (Å²) in [5, 5.41) is 3.33. The number of esters is 1. The van der Waals surface area contributed by atoms with E-state index < -0.39 is 11.9 Å². The summed E-state index contributed by atoms with van der Waals surface area (Å²) in [6.45, 7) is 8.08. The second kappa shape index (κ2) is 7.74. The molecule has 3 rings (SSSR count). The average molecular weight is 448 g/mol. The Balaban J connectivity index is 2.26. The number of ketones is 1. The minimum atomic E-state index is -0.522. The van der Waals surface area contributed by atoms with Gasteiger partial charge in [0.25, 0.3) is 0 Å². The quantitative estimate of drug-likeness (QED) is 0.681. The van der Waals surface area contributed by atoms with Gasteiger partial charge in [0.05, 0.1) is 25.2 Å². The van der Waals surface area contributed by atoms with Gasteiger partial charge in [0.2, 0.25) is 0 Å². The van der Waals surface area contributed by atoms with Crippen molar-refractivity contribution in [3.63, 3.8) is 0 Å². The maximum Gasteiger partial charge on any atom is 0.336 e. The normalized spacial score (nSPS) is 21.2. The van der Waals surface area contributed by atoms with Crippen LogP contribution in [0.25, 0.3) is 0 Å². The fourth-order valence-corrected chi connectivity index (χ4v) is 4.54. The SMILES string of the molecule is CCOC(=O)C1=C(C)NC2=C(C(=O)CC(C)(C)C2)[C@H]1c1cc(Br)ccc1OC. The number of methoxy groups -OCH3 is 1. The lowest BCUT2D eigenvalue weighted by Crippen LogP contribution is -2.38. The zero-order valence-electron chi connectivity index (χ0n) is 16.9. The van der Waals surface area contributed by atoms with Crippen molar-refractivity contribution in [3.05, 3.63) is 50.8 Å². The van der Waals surface area contributed by atoms with Gasteiger partial charge in [-0.05, 0) is 43.9 Å². The summed E-state index contributed by atoms with van der Waals surface area (Å²) < 4.78 is 11.8. The van der Waals surface area contributed by atoms with E-state index in [2.05, 4.69) is 35.1 Å². The molecule has 1 aromatic carbocycles. The number of rotatable bonds is 4. The van der Waals surface area contributed by atoms with Gasteiger partial charge < -0.3 is 14.8 Å². The molecule has 0 aromatic heterocycles. The van der Waals surface area contributed by atoms with Gasteiger partial charge in [-0.25, -0.2) is 4.79 Å². The highest BCUT2D eigenvalue weighted by Gasteiger charge is 2.44. The fourth-order valence-electron chi connectivity index (χ4n) is 4.16. The maximum atomic E-state index is 13.2. The molecule has 28 heavy (non-hydrogen) atoms. The zero-order chi connectivity index (χ0) is 20.6. The summed E-state index contributed by atoms with van der Waals surface area (Å²) in [6, 6.07) is 5.64. The van der Waals surface area contributed by atoms with E-state index in [4.69, 9.17) is 9.47 Å². The Morgan fingerprint density at radius 2 is 2.04 bits per heavy atom. The van der Waals surface area contributed by atoms with Crippen molar-refractivity contribution in [3.8, 4) is 5.75 Å². The lowest BCUT2D eigenvalue weighted by molar-refractivity contribution is -0.138. The summed E-state index contributed by atoms with van der Waals surface area (Å²) in [5.74, 6) is -0.246. The lowest BCUT2D eigenvalue weighted by atomic mass is 9.68. The summed E-state index contributed by atoms with van der Waals surface area (Å²) in [4.78, 5) is 26.1. The Bertz CT molecular complexity index is 898. The Hall–Kier alpha value is -2.08. The topological polar surface area (TPSA) is 64.6 Å². The minimum absolute atomic E-state index is 0.0556. The standard InChI is InChI=1S/C22H26BrNO4/c1-6-28-21(26)18-12(2)24-15-10-22(3,4)11-16(25)20(15)19(18)14-9-13(23)7-8-17(14)27-5/h7-9,19,24H,6,10-11H2,1-5H3/t19-/m0/s1. The highest BCUT2D eigenvalue weighted by Crippen LogP contribution is 2.48. The third-order valence-electron chi connectivity index (χ3n) is 5.24. The van der Waals surface area contributed by atoms with Gasteiger partial charge in [-0.2, -0.15) is 0 Å². The van der Waals surface area contributed by atoms with E-state index in [0.29, 0.717) is 23.3 Å². The van der Waals surface area contributed by atoms with Crippen LogP contribution < -0.4 is 10.1 Å². The van der Waals surface area contributed by atoms with Crippen molar-refractivity contribution in [1.82, 2.24) is 5.32 Å². The van der Waals surface area contributed by atoms with Crippen molar-refractivity contribution in [1.29, 1.82) is 0 Å². The predicted octanol–water partition coefficient (Wildman–Crippen LogP) is 4.62. The Morgan fingerprint density at radius 3 is 2.68 bits per heavy atom. The van der Waals surface area contributed by atoms with E-state index in [9.17, 15) is 9.59 Å². The molecule has 0 saturated carbocycles. The number of hydrogen-bond acceptors (Lipinski definition) is 5. The van der Waals surface area contributed by atoms with Crippen LogP contribution in [0.4, 0.5) is 0 Å². The van der Waals surface area contributed by atoms with E-state index in [1.807, 2.05) is 25.1 Å². The zero-order valence-corrected chi connectivity index (χ0v) is 18.5. The van der Waals surface area contributed by atoms with Gasteiger partial charge >= 0.3 is 5.97 Å². The van der Waals surface area contributed by atoms with E-state index in [1.54, 1.807) is 14.0 Å². The van der Waals surface area contributed by atoms with Crippen LogP contribution in [0.1, 0.15) is 52.0 Å². The Kier molecular flexibility index (Phi) is 5.71. The first-order chi connectivity index (χ1) is 13.2. The third kappa shape index (κ3) is 3.75. The van der Waals surface area contributed by atoms with Crippen LogP contribution in [0.2, 0.25) is 0 Å². The first-order valence-electron chi connectivity index (χ1n) is 9.43. The van der Waals surface area contributed by atoms with Crippen molar-refractivity contribution in [2.45, 2.75) is 46.5 Å². The molecule has 1 heterocycles. The van der Waals surface area contributed by atoms with E-state index in [0.717, 1.165) is 27.9 Å². The van der Waals surface area contributed by atoms with Crippen LogP contribution >= 0.6 is 15.9 Å². The molecule has 0 amide bonds. The number of carbonyl (C=O) groups is 2. The highest BCUT2D eigenvalue weighted by molar-refractivity contribution is 9.10. The van der Waals surface area contributed by atoms with Gasteiger partial charge in [-0.15, -0.1) is 0 Å². The van der Waals surface area contributed by atoms with Crippen molar-refractivity contribution in [2.24, 2.45) is 5.41 Å². The Labute approximate surface area is 174 Å². The molecule has 1 atom stereocenters. The number of ether oxygens (including phenoxy) is 2. The number of nitrogens with one attached hydrogen (secondary N) is 1. The highest BCUT2D eigenvalue weighted by atomic mass is 79.9. The molecule has 0 fully saturated rings.